The molecule has 0 aromatic heterocycles. The Hall–Kier alpha value is -0.280. The van der Waals surface area contributed by atoms with E-state index in [1.807, 2.05) is 18.2 Å². The molecule has 2 nitrogen and oxygen atoms in total. The molecule has 2 unspecified atom stereocenters. The Morgan fingerprint density at radius 1 is 1.37 bits per heavy atom. The van der Waals surface area contributed by atoms with E-state index in [-0.39, 0.29) is 0 Å². The first-order chi connectivity index (χ1) is 9.20. The molecule has 1 aromatic carbocycles. The molecule has 1 aromatic rings. The van der Waals surface area contributed by atoms with Crippen molar-refractivity contribution in [2.24, 2.45) is 0 Å². The van der Waals surface area contributed by atoms with Crippen molar-refractivity contribution in [3.8, 4) is 0 Å². The van der Waals surface area contributed by atoms with Crippen LogP contribution in [-0.2, 0) is 11.2 Å². The molecular formula is C15H21Cl2NO. The lowest BCUT2D eigenvalue weighted by Gasteiger charge is -2.24. The number of hydrogen-bond donors (Lipinski definition) is 1. The third-order valence-corrected chi connectivity index (χ3v) is 4.25. The minimum absolute atomic E-state index is 0.320. The fourth-order valence-corrected chi connectivity index (χ4v) is 2.83. The Labute approximate surface area is 125 Å². The number of benzene rings is 1. The molecule has 0 saturated carbocycles. The first-order valence-electron chi connectivity index (χ1n) is 6.99. The molecule has 1 heterocycles. The van der Waals surface area contributed by atoms with E-state index >= 15 is 0 Å². The lowest BCUT2D eigenvalue weighted by Crippen LogP contribution is -2.41. The average Bonchev–Trinajstić information content (AvgIpc) is 2.92. The van der Waals surface area contributed by atoms with E-state index in [4.69, 9.17) is 27.9 Å². The maximum Gasteiger partial charge on any atom is 0.0732 e. The highest BCUT2D eigenvalue weighted by molar-refractivity contribution is 6.42. The van der Waals surface area contributed by atoms with Crippen molar-refractivity contribution in [3.05, 3.63) is 33.8 Å². The van der Waals surface area contributed by atoms with Crippen molar-refractivity contribution < 1.29 is 4.74 Å². The summed E-state index contributed by atoms with van der Waals surface area (Å²) in [6.07, 6.45) is 4.69. The number of ether oxygens (including phenoxy) is 1. The van der Waals surface area contributed by atoms with Gasteiger partial charge in [0.1, 0.15) is 0 Å². The molecule has 1 saturated heterocycles. The Morgan fingerprint density at radius 3 is 2.84 bits per heavy atom. The highest BCUT2D eigenvalue weighted by atomic mass is 35.5. The molecular weight excluding hydrogens is 281 g/mol. The van der Waals surface area contributed by atoms with Crippen LogP contribution in [0.2, 0.25) is 10.0 Å². The van der Waals surface area contributed by atoms with Crippen LogP contribution in [0.15, 0.2) is 18.2 Å². The minimum Gasteiger partial charge on any atom is -0.377 e. The van der Waals surface area contributed by atoms with Crippen LogP contribution in [0.4, 0.5) is 0 Å². The molecule has 0 aliphatic carbocycles. The van der Waals surface area contributed by atoms with Crippen LogP contribution in [0.1, 0.15) is 31.7 Å². The average molecular weight is 302 g/mol. The Balaban J connectivity index is 2.03. The number of rotatable bonds is 6. The van der Waals surface area contributed by atoms with Crippen LogP contribution >= 0.6 is 23.2 Å². The van der Waals surface area contributed by atoms with Gasteiger partial charge in [0.2, 0.25) is 0 Å². The predicted molar refractivity (Wildman–Crippen MR) is 81.2 cm³/mol. The maximum absolute atomic E-state index is 6.08. The van der Waals surface area contributed by atoms with Crippen molar-refractivity contribution in [3.63, 3.8) is 0 Å². The molecule has 1 fully saturated rings. The van der Waals surface area contributed by atoms with Crippen molar-refractivity contribution in [1.82, 2.24) is 5.32 Å². The molecule has 1 N–H and O–H groups in total. The predicted octanol–water partition coefficient (Wildman–Crippen LogP) is 4.08. The van der Waals surface area contributed by atoms with E-state index in [2.05, 4.69) is 12.2 Å². The van der Waals surface area contributed by atoms with Gasteiger partial charge in [0.15, 0.2) is 0 Å². The van der Waals surface area contributed by atoms with E-state index < -0.39 is 0 Å². The molecule has 0 spiro atoms. The number of halogens is 2. The standard InChI is InChI=1S/C15H21Cl2NO/c1-2-7-18-14(15-4-3-8-19-15)10-11-5-6-12(16)13(17)9-11/h5-6,9,14-15,18H,2-4,7-8,10H2,1H3. The van der Waals surface area contributed by atoms with Crippen molar-refractivity contribution in [2.45, 2.75) is 44.8 Å². The summed E-state index contributed by atoms with van der Waals surface area (Å²) in [7, 11) is 0. The van der Waals surface area contributed by atoms with Gasteiger partial charge in [0.25, 0.3) is 0 Å². The summed E-state index contributed by atoms with van der Waals surface area (Å²) < 4.78 is 5.82. The third kappa shape index (κ3) is 4.35. The van der Waals surface area contributed by atoms with Gasteiger partial charge in [-0.15, -0.1) is 0 Å². The van der Waals surface area contributed by atoms with E-state index in [1.165, 1.54) is 5.56 Å². The second-order valence-electron chi connectivity index (χ2n) is 5.06. The molecule has 1 aliphatic heterocycles. The van der Waals surface area contributed by atoms with E-state index in [1.54, 1.807) is 0 Å². The lowest BCUT2D eigenvalue weighted by molar-refractivity contribution is 0.0784. The van der Waals surface area contributed by atoms with Crippen LogP contribution in [0, 0.1) is 0 Å². The highest BCUT2D eigenvalue weighted by Gasteiger charge is 2.25. The summed E-state index contributed by atoms with van der Waals surface area (Å²) in [5.74, 6) is 0. The summed E-state index contributed by atoms with van der Waals surface area (Å²) in [5, 5.41) is 4.83. The van der Waals surface area contributed by atoms with E-state index in [0.29, 0.717) is 22.2 Å². The molecule has 19 heavy (non-hydrogen) atoms. The van der Waals surface area contributed by atoms with Crippen LogP contribution in [0.5, 0.6) is 0 Å². The highest BCUT2D eigenvalue weighted by Crippen LogP contribution is 2.25. The monoisotopic (exact) mass is 301 g/mol. The fraction of sp³-hybridized carbons (Fsp3) is 0.600. The van der Waals surface area contributed by atoms with Crippen molar-refractivity contribution >= 4 is 23.2 Å². The Kier molecular flexibility index (Phi) is 5.96. The van der Waals surface area contributed by atoms with Gasteiger partial charge < -0.3 is 10.1 Å². The molecule has 4 heteroatoms. The summed E-state index contributed by atoms with van der Waals surface area (Å²) in [4.78, 5) is 0. The summed E-state index contributed by atoms with van der Waals surface area (Å²) in [6, 6.07) is 6.23. The van der Waals surface area contributed by atoms with Gasteiger partial charge in [-0.05, 0) is 49.9 Å². The van der Waals surface area contributed by atoms with Crippen molar-refractivity contribution in [1.29, 1.82) is 0 Å². The zero-order chi connectivity index (χ0) is 13.7. The smallest absolute Gasteiger partial charge is 0.0732 e. The third-order valence-electron chi connectivity index (χ3n) is 3.51. The van der Waals surface area contributed by atoms with Crippen molar-refractivity contribution in [2.75, 3.05) is 13.2 Å². The van der Waals surface area contributed by atoms with Crippen LogP contribution in [0.3, 0.4) is 0 Å². The SMILES string of the molecule is CCCNC(Cc1ccc(Cl)c(Cl)c1)C1CCCO1. The first kappa shape index (κ1) is 15.1. The van der Waals surface area contributed by atoms with Crippen LogP contribution in [0.25, 0.3) is 0 Å². The number of hydrogen-bond acceptors (Lipinski definition) is 2. The van der Waals surface area contributed by atoms with Crippen LogP contribution < -0.4 is 5.32 Å². The van der Waals surface area contributed by atoms with Gasteiger partial charge in [0, 0.05) is 12.6 Å². The summed E-state index contributed by atoms with van der Waals surface area (Å²) >= 11 is 12.0. The van der Waals surface area contributed by atoms with Gasteiger partial charge in [0.05, 0.1) is 16.1 Å². The zero-order valence-corrected chi connectivity index (χ0v) is 12.8. The molecule has 1 aliphatic rings. The summed E-state index contributed by atoms with van der Waals surface area (Å²) in [6.45, 7) is 4.08. The molecule has 0 bridgehead atoms. The quantitative estimate of drug-likeness (QED) is 0.855. The molecule has 2 atom stereocenters. The first-order valence-corrected chi connectivity index (χ1v) is 7.75. The van der Waals surface area contributed by atoms with E-state index in [0.717, 1.165) is 38.8 Å². The van der Waals surface area contributed by atoms with Gasteiger partial charge in [-0.2, -0.15) is 0 Å². The lowest BCUT2D eigenvalue weighted by atomic mass is 9.99. The van der Waals surface area contributed by atoms with Gasteiger partial charge in [-0.25, -0.2) is 0 Å². The van der Waals surface area contributed by atoms with E-state index in [9.17, 15) is 0 Å². The Morgan fingerprint density at radius 2 is 2.21 bits per heavy atom. The molecule has 106 valence electrons. The zero-order valence-electron chi connectivity index (χ0n) is 11.3. The Bertz CT molecular complexity index is 405. The van der Waals surface area contributed by atoms with Gasteiger partial charge >= 0.3 is 0 Å². The van der Waals surface area contributed by atoms with Gasteiger partial charge in [-0.1, -0.05) is 36.2 Å². The fourth-order valence-electron chi connectivity index (χ4n) is 2.51. The van der Waals surface area contributed by atoms with Gasteiger partial charge in [-0.3, -0.25) is 0 Å². The topological polar surface area (TPSA) is 21.3 Å². The summed E-state index contributed by atoms with van der Waals surface area (Å²) in [5.41, 5.74) is 1.21. The second kappa shape index (κ2) is 7.49. The molecule has 2 rings (SSSR count). The number of nitrogens with one attached hydrogen (secondary N) is 1. The normalized spacial score (nSPS) is 20.7. The second-order valence-corrected chi connectivity index (χ2v) is 5.88. The van der Waals surface area contributed by atoms with Crippen LogP contribution in [-0.4, -0.2) is 25.3 Å². The largest absolute Gasteiger partial charge is 0.377 e. The molecule has 0 amide bonds. The molecule has 0 radical (unpaired) electrons. The minimum atomic E-state index is 0.320. The maximum atomic E-state index is 6.08.